The van der Waals surface area contributed by atoms with Crippen LogP contribution in [0.25, 0.3) is 0 Å². The van der Waals surface area contributed by atoms with E-state index in [0.717, 1.165) is 32.2 Å². The fraction of sp³-hybridized carbons (Fsp3) is 0.548. The zero-order valence-electron chi connectivity index (χ0n) is 23.5. The molecule has 3 aliphatic rings. The van der Waals surface area contributed by atoms with Crippen molar-refractivity contribution in [1.29, 1.82) is 0 Å². The molecule has 0 unspecified atom stereocenters. The molecule has 1 aromatic carbocycles. The van der Waals surface area contributed by atoms with Gasteiger partial charge in [-0.25, -0.2) is 4.79 Å². The smallest absolute Gasteiger partial charge is 0.321 e. The molecule has 1 aromatic heterocycles. The first-order valence-corrected chi connectivity index (χ1v) is 14.2. The van der Waals surface area contributed by atoms with Crippen molar-refractivity contribution in [3.05, 3.63) is 65.5 Å². The quantitative estimate of drug-likeness (QED) is 0.531. The molecule has 0 atom stereocenters. The number of carbonyl (C=O) groups is 3. The first kappa shape index (κ1) is 27.3. The van der Waals surface area contributed by atoms with Crippen molar-refractivity contribution in [1.82, 2.24) is 25.0 Å². The maximum atomic E-state index is 13.8. The van der Waals surface area contributed by atoms with Gasteiger partial charge in [0.25, 0.3) is 5.91 Å². The minimum Gasteiger partial charge on any atom is -0.355 e. The lowest BCUT2D eigenvalue weighted by Crippen LogP contribution is -2.56. The summed E-state index contributed by atoms with van der Waals surface area (Å²) in [6, 6.07) is 14.0. The molecule has 2 saturated carbocycles. The van der Waals surface area contributed by atoms with E-state index in [4.69, 9.17) is 0 Å². The number of amides is 3. The highest BCUT2D eigenvalue weighted by Gasteiger charge is 2.55. The van der Waals surface area contributed by atoms with Crippen LogP contribution in [0, 0.1) is 5.92 Å². The second kappa shape index (κ2) is 11.1. The standard InChI is InChI=1S/C31H41N5O3/c1-32-28(38)24-12-17-33-26(18-24)19-27(37)21-35-22-30(36(29(35)39)20-23-8-7-9-23)13-15-31(16-14-30,34(2)3)25-10-5-4-6-11-25/h4-6,10-12,17-18,23H,7-9,13-16,19-22H2,1-3H3,(H,32,38). The summed E-state index contributed by atoms with van der Waals surface area (Å²) in [5.74, 6) is 0.289. The van der Waals surface area contributed by atoms with Gasteiger partial charge in [0, 0.05) is 43.1 Å². The van der Waals surface area contributed by atoms with Crippen molar-refractivity contribution >= 4 is 17.7 Å². The molecule has 1 saturated heterocycles. The Bertz CT molecular complexity index is 1200. The monoisotopic (exact) mass is 531 g/mol. The van der Waals surface area contributed by atoms with E-state index in [-0.39, 0.29) is 41.8 Å². The number of nitrogens with zero attached hydrogens (tertiary/aromatic N) is 4. The third kappa shape index (κ3) is 5.31. The number of Topliss-reactive ketones (excluding diaryl/α,β-unsaturated/α-hetero) is 1. The molecule has 0 bridgehead atoms. The van der Waals surface area contributed by atoms with Crippen LogP contribution >= 0.6 is 0 Å². The van der Waals surface area contributed by atoms with Crippen LogP contribution in [-0.4, -0.2) is 83.7 Å². The molecule has 1 spiro atoms. The van der Waals surface area contributed by atoms with Crippen LogP contribution in [0.4, 0.5) is 4.79 Å². The van der Waals surface area contributed by atoms with E-state index in [1.165, 1.54) is 24.8 Å². The molecule has 2 aliphatic carbocycles. The summed E-state index contributed by atoms with van der Waals surface area (Å²) in [7, 11) is 5.90. The summed E-state index contributed by atoms with van der Waals surface area (Å²) in [6.07, 6.45) is 9.01. The Morgan fingerprint density at radius 3 is 2.41 bits per heavy atom. The lowest BCUT2D eigenvalue weighted by molar-refractivity contribution is -0.119. The van der Waals surface area contributed by atoms with Crippen LogP contribution in [0.3, 0.4) is 0 Å². The van der Waals surface area contributed by atoms with Crippen LogP contribution < -0.4 is 5.32 Å². The maximum Gasteiger partial charge on any atom is 0.321 e. The van der Waals surface area contributed by atoms with Gasteiger partial charge in [-0.1, -0.05) is 36.8 Å². The van der Waals surface area contributed by atoms with E-state index in [0.29, 0.717) is 23.7 Å². The van der Waals surface area contributed by atoms with E-state index in [2.05, 4.69) is 64.5 Å². The number of hydrogen-bond acceptors (Lipinski definition) is 5. The number of benzene rings is 1. The van der Waals surface area contributed by atoms with E-state index >= 15 is 0 Å². The molecule has 3 amide bonds. The van der Waals surface area contributed by atoms with Gasteiger partial charge in [0.2, 0.25) is 0 Å². The third-order valence-electron chi connectivity index (χ3n) is 9.45. The van der Waals surface area contributed by atoms with Crippen LogP contribution in [0.15, 0.2) is 48.7 Å². The Hall–Kier alpha value is -3.26. The topological polar surface area (TPSA) is 85.8 Å². The van der Waals surface area contributed by atoms with E-state index < -0.39 is 0 Å². The number of aromatic nitrogens is 1. The Balaban J connectivity index is 1.32. The Morgan fingerprint density at radius 2 is 1.79 bits per heavy atom. The Labute approximate surface area is 231 Å². The van der Waals surface area contributed by atoms with Crippen molar-refractivity contribution in [2.75, 3.05) is 40.8 Å². The lowest BCUT2D eigenvalue weighted by Gasteiger charge is -2.51. The molecule has 1 aliphatic heterocycles. The molecule has 3 fully saturated rings. The summed E-state index contributed by atoms with van der Waals surface area (Å²) < 4.78 is 0. The van der Waals surface area contributed by atoms with Gasteiger partial charge in [0.15, 0.2) is 5.78 Å². The number of rotatable bonds is 9. The first-order valence-electron chi connectivity index (χ1n) is 14.2. The molecule has 5 rings (SSSR count). The largest absolute Gasteiger partial charge is 0.355 e. The molecular formula is C31H41N5O3. The van der Waals surface area contributed by atoms with Gasteiger partial charge in [0.05, 0.1) is 18.5 Å². The fourth-order valence-electron chi connectivity index (χ4n) is 6.84. The number of ketones is 1. The molecular weight excluding hydrogens is 490 g/mol. The summed E-state index contributed by atoms with van der Waals surface area (Å²) >= 11 is 0. The van der Waals surface area contributed by atoms with Crippen molar-refractivity contribution in [2.45, 2.75) is 62.4 Å². The zero-order valence-corrected chi connectivity index (χ0v) is 23.5. The van der Waals surface area contributed by atoms with Gasteiger partial charge in [-0.2, -0.15) is 0 Å². The normalized spacial score (nSPS) is 25.3. The number of urea groups is 1. The predicted octanol–water partition coefficient (Wildman–Crippen LogP) is 3.86. The summed E-state index contributed by atoms with van der Waals surface area (Å²) in [6.45, 7) is 1.46. The number of carbonyl (C=O) groups excluding carboxylic acids is 3. The average molecular weight is 532 g/mol. The highest BCUT2D eigenvalue weighted by atomic mass is 16.2. The summed E-state index contributed by atoms with van der Waals surface area (Å²) in [5.41, 5.74) is 2.06. The van der Waals surface area contributed by atoms with Crippen LogP contribution in [-0.2, 0) is 16.8 Å². The van der Waals surface area contributed by atoms with E-state index in [1.807, 2.05) is 0 Å². The number of hydrogen-bond donors (Lipinski definition) is 1. The Morgan fingerprint density at radius 1 is 1.08 bits per heavy atom. The van der Waals surface area contributed by atoms with Gasteiger partial charge < -0.3 is 15.1 Å². The van der Waals surface area contributed by atoms with E-state index in [1.54, 1.807) is 30.3 Å². The molecule has 39 heavy (non-hydrogen) atoms. The molecule has 1 N–H and O–H groups in total. The fourth-order valence-corrected chi connectivity index (χ4v) is 6.84. The van der Waals surface area contributed by atoms with E-state index in [9.17, 15) is 14.4 Å². The van der Waals surface area contributed by atoms with Crippen molar-refractivity contribution in [3.8, 4) is 0 Å². The van der Waals surface area contributed by atoms with Crippen LogP contribution in [0.2, 0.25) is 0 Å². The predicted molar refractivity (Wildman–Crippen MR) is 150 cm³/mol. The molecule has 2 heterocycles. The molecule has 8 nitrogen and oxygen atoms in total. The summed E-state index contributed by atoms with van der Waals surface area (Å²) in [5, 5.41) is 2.60. The maximum absolute atomic E-state index is 13.8. The molecule has 208 valence electrons. The number of pyridine rings is 1. The second-order valence-corrected chi connectivity index (χ2v) is 11.9. The third-order valence-corrected chi connectivity index (χ3v) is 9.45. The SMILES string of the molecule is CNC(=O)c1ccnc(CC(=O)CN2CC3(CCC(c4ccccc4)(N(C)C)CC3)N(CC3CCC3)C2=O)c1. The highest BCUT2D eigenvalue weighted by Crippen LogP contribution is 2.49. The minimum absolute atomic E-state index is 0.000570. The number of nitrogens with one attached hydrogen (secondary N) is 1. The van der Waals surface area contributed by atoms with Gasteiger partial charge in [-0.05, 0) is 76.2 Å². The zero-order chi connectivity index (χ0) is 27.6. The van der Waals surface area contributed by atoms with Crippen molar-refractivity contribution < 1.29 is 14.4 Å². The van der Waals surface area contributed by atoms with Gasteiger partial charge in [0.1, 0.15) is 0 Å². The van der Waals surface area contributed by atoms with Crippen molar-refractivity contribution in [3.63, 3.8) is 0 Å². The van der Waals surface area contributed by atoms with Crippen LogP contribution in [0.5, 0.6) is 0 Å². The molecule has 2 aromatic rings. The average Bonchev–Trinajstić information content (AvgIpc) is 3.16. The van der Waals surface area contributed by atoms with Gasteiger partial charge >= 0.3 is 6.03 Å². The highest BCUT2D eigenvalue weighted by molar-refractivity contribution is 5.94. The van der Waals surface area contributed by atoms with Gasteiger partial charge in [-0.15, -0.1) is 0 Å². The van der Waals surface area contributed by atoms with Crippen molar-refractivity contribution in [2.24, 2.45) is 5.92 Å². The molecule has 8 heteroatoms. The first-order chi connectivity index (χ1) is 18.8. The summed E-state index contributed by atoms with van der Waals surface area (Å²) in [4.78, 5) is 49.5. The minimum atomic E-state index is -0.237. The second-order valence-electron chi connectivity index (χ2n) is 11.9. The lowest BCUT2D eigenvalue weighted by atomic mass is 9.68. The van der Waals surface area contributed by atoms with Crippen LogP contribution in [0.1, 0.15) is 66.6 Å². The Kier molecular flexibility index (Phi) is 7.76. The van der Waals surface area contributed by atoms with Gasteiger partial charge in [-0.3, -0.25) is 19.5 Å². The molecule has 0 radical (unpaired) electrons.